The van der Waals surface area contributed by atoms with Crippen molar-refractivity contribution < 1.29 is 27.5 Å². The summed E-state index contributed by atoms with van der Waals surface area (Å²) in [5, 5.41) is 3.03. The van der Waals surface area contributed by atoms with Crippen LogP contribution in [0.5, 0.6) is 0 Å². The second-order valence-electron chi connectivity index (χ2n) is 8.97. The summed E-state index contributed by atoms with van der Waals surface area (Å²) >= 11 is 0. The van der Waals surface area contributed by atoms with Gasteiger partial charge in [-0.1, -0.05) is 58.3 Å². The van der Waals surface area contributed by atoms with E-state index in [-0.39, 0.29) is 28.4 Å². The number of hydrogen-bond acceptors (Lipinski definition) is 2. The Morgan fingerprint density at radius 1 is 0.966 bits per heavy atom. The number of amides is 1. The van der Waals surface area contributed by atoms with Crippen LogP contribution in [0.3, 0.4) is 0 Å². The van der Waals surface area contributed by atoms with Gasteiger partial charge in [0.25, 0.3) is 5.91 Å². The zero-order valence-electron chi connectivity index (χ0n) is 18.9. The van der Waals surface area contributed by atoms with Crippen LogP contribution >= 0.6 is 0 Å². The molecule has 1 amide bonds. The number of quaternary nitrogens is 1. The quantitative estimate of drug-likeness (QED) is 0.271. The Labute approximate surface area is 189 Å². The van der Waals surface area contributed by atoms with Gasteiger partial charge in [0.1, 0.15) is 0 Å². The van der Waals surface area contributed by atoms with Gasteiger partial charge < -0.3 is 33.8 Å². The van der Waals surface area contributed by atoms with Gasteiger partial charge in [-0.2, -0.15) is 0 Å². The van der Waals surface area contributed by atoms with Crippen LogP contribution in [0, 0.1) is 5.92 Å². The van der Waals surface area contributed by atoms with Crippen LogP contribution in [0.4, 0.5) is 5.69 Å². The normalized spacial score (nSPS) is 12.3. The molecule has 0 aliphatic heterocycles. The molecule has 0 saturated carbocycles. The average molecular weight is 471 g/mol. The number of rotatable bonds is 15. The molecule has 5 heteroatoms. The van der Waals surface area contributed by atoms with Gasteiger partial charge in [-0.15, -0.1) is 0 Å². The summed E-state index contributed by atoms with van der Waals surface area (Å²) in [6, 6.07) is 7.07. The summed E-state index contributed by atoms with van der Waals surface area (Å²) in [7, 11) is 0. The van der Waals surface area contributed by atoms with Crippen LogP contribution < -0.4 is 33.8 Å². The van der Waals surface area contributed by atoms with E-state index >= 15 is 0 Å². The second-order valence-corrected chi connectivity index (χ2v) is 8.97. The monoisotopic (exact) mass is 469 g/mol. The van der Waals surface area contributed by atoms with E-state index in [2.05, 4.69) is 31.8 Å². The molecule has 0 aromatic heterocycles. The summed E-state index contributed by atoms with van der Waals surface area (Å²) in [5.41, 5.74) is 11.5. The van der Waals surface area contributed by atoms with Crippen molar-refractivity contribution in [2.75, 3.05) is 12.3 Å². The maximum absolute atomic E-state index is 12.2. The molecular weight excluding hydrogens is 426 g/mol. The number of halogens is 1. The Hall–Kier alpha value is -1.07. The predicted molar refractivity (Wildman–Crippen MR) is 120 cm³/mol. The van der Waals surface area contributed by atoms with Crippen LogP contribution in [0.1, 0.15) is 102 Å². The van der Waals surface area contributed by atoms with Crippen LogP contribution in [0.2, 0.25) is 0 Å². The molecule has 0 aliphatic rings. The largest absolute Gasteiger partial charge is 1.00 e. The lowest BCUT2D eigenvalue weighted by molar-refractivity contribution is -0.481. The van der Waals surface area contributed by atoms with Crippen molar-refractivity contribution in [3.8, 4) is 0 Å². The minimum absolute atomic E-state index is 0. The highest BCUT2D eigenvalue weighted by Gasteiger charge is 2.27. The van der Waals surface area contributed by atoms with Crippen molar-refractivity contribution in [3.63, 3.8) is 0 Å². The fraction of sp³-hybridized carbons (Fsp3) is 0.708. The standard InChI is InChI=1S/C24H43N3O.BrH/c1-4-5-6-7-8-9-10-11-13-21(24(2,3)26)14-12-19-27-23(28)20-15-17-22(25)18-16-20;/h15-18,21H,4-14,19,25-26H2,1-3H3,(H,27,28);1H. The minimum atomic E-state index is -0.0199. The number of benzene rings is 1. The molecule has 1 atom stereocenters. The highest BCUT2D eigenvalue weighted by Crippen LogP contribution is 2.24. The molecule has 1 unspecified atom stereocenters. The van der Waals surface area contributed by atoms with Crippen molar-refractivity contribution in [2.45, 2.75) is 96.9 Å². The summed E-state index contributed by atoms with van der Waals surface area (Å²) < 4.78 is 0. The molecule has 0 saturated heterocycles. The highest BCUT2D eigenvalue weighted by molar-refractivity contribution is 5.94. The number of anilines is 1. The molecule has 1 rings (SSSR count). The van der Waals surface area contributed by atoms with Gasteiger partial charge in [-0.05, 0) is 57.4 Å². The van der Waals surface area contributed by atoms with E-state index in [0.717, 1.165) is 12.8 Å². The van der Waals surface area contributed by atoms with Crippen LogP contribution in [0.15, 0.2) is 24.3 Å². The average Bonchev–Trinajstić information content (AvgIpc) is 2.64. The molecule has 0 aliphatic carbocycles. The Morgan fingerprint density at radius 2 is 1.48 bits per heavy atom. The Morgan fingerprint density at radius 3 is 2.03 bits per heavy atom. The molecule has 0 bridgehead atoms. The Kier molecular flexibility index (Phi) is 15.1. The third-order valence-electron chi connectivity index (χ3n) is 5.70. The molecule has 0 heterocycles. The van der Waals surface area contributed by atoms with E-state index in [1.807, 2.05) is 0 Å². The van der Waals surface area contributed by atoms with Gasteiger partial charge in [0.05, 0.1) is 5.54 Å². The van der Waals surface area contributed by atoms with Crippen LogP contribution in [0.25, 0.3) is 0 Å². The lowest BCUT2D eigenvalue weighted by Gasteiger charge is -2.27. The van der Waals surface area contributed by atoms with Crippen molar-refractivity contribution in [1.29, 1.82) is 0 Å². The first-order valence-corrected chi connectivity index (χ1v) is 11.3. The molecular formula is C24H44BrN3O. The predicted octanol–water partition coefficient (Wildman–Crippen LogP) is 1.95. The van der Waals surface area contributed by atoms with E-state index in [1.54, 1.807) is 24.3 Å². The molecule has 1 aromatic rings. The van der Waals surface area contributed by atoms with Gasteiger partial charge in [-0.3, -0.25) is 4.79 Å². The van der Waals surface area contributed by atoms with E-state index in [9.17, 15) is 4.79 Å². The lowest BCUT2D eigenvalue weighted by atomic mass is 9.81. The fourth-order valence-electron chi connectivity index (χ4n) is 3.74. The SMILES string of the molecule is CCCCCCCCCCC(CCCNC(=O)c1ccc(N)cc1)C(C)(C)[NH3+].[Br-]. The smallest absolute Gasteiger partial charge is 0.251 e. The van der Waals surface area contributed by atoms with E-state index < -0.39 is 0 Å². The third kappa shape index (κ3) is 13.0. The van der Waals surface area contributed by atoms with Gasteiger partial charge in [0, 0.05) is 23.7 Å². The van der Waals surface area contributed by atoms with Crippen molar-refractivity contribution >= 4 is 11.6 Å². The summed E-state index contributed by atoms with van der Waals surface area (Å²) in [6.07, 6.45) is 14.3. The number of unbranched alkanes of at least 4 members (excludes halogenated alkanes) is 7. The van der Waals surface area contributed by atoms with Gasteiger partial charge in [0.2, 0.25) is 0 Å². The molecule has 29 heavy (non-hydrogen) atoms. The maximum atomic E-state index is 12.2. The number of hydrogen-bond donors (Lipinski definition) is 3. The van der Waals surface area contributed by atoms with Gasteiger partial charge in [0.15, 0.2) is 0 Å². The molecule has 1 aromatic carbocycles. The molecule has 168 valence electrons. The summed E-state index contributed by atoms with van der Waals surface area (Å²) in [6.45, 7) is 7.47. The van der Waals surface area contributed by atoms with Crippen molar-refractivity contribution in [2.24, 2.45) is 5.92 Å². The van der Waals surface area contributed by atoms with Crippen LogP contribution in [-0.4, -0.2) is 18.0 Å². The summed E-state index contributed by atoms with van der Waals surface area (Å²) in [5.74, 6) is 0.592. The first-order valence-electron chi connectivity index (χ1n) is 11.3. The van der Waals surface area contributed by atoms with Gasteiger partial charge >= 0.3 is 0 Å². The minimum Gasteiger partial charge on any atom is -1.00 e. The van der Waals surface area contributed by atoms with Crippen molar-refractivity contribution in [1.82, 2.24) is 5.32 Å². The number of nitrogens with two attached hydrogens (primary N) is 1. The number of nitrogen functional groups attached to an aromatic ring is 1. The second kappa shape index (κ2) is 15.7. The molecule has 0 radical (unpaired) electrons. The zero-order chi connectivity index (χ0) is 20.8. The highest BCUT2D eigenvalue weighted by atomic mass is 79.9. The molecule has 6 N–H and O–H groups in total. The lowest BCUT2D eigenvalue weighted by Crippen LogP contribution is -3.00. The fourth-order valence-corrected chi connectivity index (χ4v) is 3.74. The molecule has 0 spiro atoms. The molecule has 4 nitrogen and oxygen atoms in total. The first kappa shape index (κ1) is 27.9. The molecule has 0 fully saturated rings. The Bertz CT molecular complexity index is 540. The number of nitrogens with one attached hydrogen (secondary N) is 1. The topological polar surface area (TPSA) is 82.8 Å². The van der Waals surface area contributed by atoms with Gasteiger partial charge in [-0.25, -0.2) is 0 Å². The van der Waals surface area contributed by atoms with E-state index in [1.165, 1.54) is 57.8 Å². The van der Waals surface area contributed by atoms with Crippen LogP contribution in [-0.2, 0) is 0 Å². The third-order valence-corrected chi connectivity index (χ3v) is 5.70. The van der Waals surface area contributed by atoms with Crippen molar-refractivity contribution in [3.05, 3.63) is 29.8 Å². The summed E-state index contributed by atoms with van der Waals surface area (Å²) in [4.78, 5) is 12.2. The van der Waals surface area contributed by atoms with E-state index in [0.29, 0.717) is 23.7 Å². The zero-order valence-corrected chi connectivity index (χ0v) is 20.5. The number of carbonyl (C=O) groups excluding carboxylic acids is 1. The Balaban J connectivity index is 0.00000784. The first-order chi connectivity index (χ1) is 13.3. The number of carbonyl (C=O) groups is 1. The van der Waals surface area contributed by atoms with E-state index in [4.69, 9.17) is 5.73 Å². The maximum Gasteiger partial charge on any atom is 0.251 e.